The molecule has 0 heterocycles. The number of thiol groups is 1. The summed E-state index contributed by atoms with van der Waals surface area (Å²) in [6.45, 7) is 2.84. The number of aliphatic hydroxyl groups excluding tert-OH is 2. The summed E-state index contributed by atoms with van der Waals surface area (Å²) in [5.41, 5.74) is 39.0. The van der Waals surface area contributed by atoms with E-state index in [2.05, 4.69) is 102 Å². The molecule has 0 saturated heterocycles. The molecule has 2 rings (SSSR count). The number of amides is 17. The van der Waals surface area contributed by atoms with Crippen LogP contribution in [0.2, 0.25) is 0 Å². The van der Waals surface area contributed by atoms with E-state index in [-0.39, 0.29) is 81.6 Å². The van der Waals surface area contributed by atoms with Gasteiger partial charge in [0.1, 0.15) is 78.3 Å². The zero-order valence-corrected chi connectivity index (χ0v) is 68.8. The summed E-state index contributed by atoms with van der Waals surface area (Å²) in [7, 11) is 0. The molecule has 0 spiro atoms. The Kier molecular flexibility index (Phi) is 47.3. The number of phenolic OH excluding ortho intramolecular Hbond substituents is 1. The fourth-order valence-corrected chi connectivity index (χ4v) is 11.3. The zero-order chi connectivity index (χ0) is 92.0. The third-order valence-electron chi connectivity index (χ3n) is 17.8. The topological polar surface area (TPSA) is 813 Å². The molecule has 0 aromatic heterocycles. The normalized spacial score (nSPS) is 14.3. The number of carbonyl (C=O) groups excluding carboxylic acids is 17. The summed E-state index contributed by atoms with van der Waals surface area (Å²) in [5, 5.41) is 84.4. The number of phenols is 1. The number of aliphatic imine (C=N–C) groups is 2. The first-order chi connectivity index (χ1) is 57.4. The van der Waals surface area contributed by atoms with Gasteiger partial charge in [-0.05, 0) is 80.5 Å². The van der Waals surface area contributed by atoms with Crippen LogP contribution < -0.4 is 120 Å². The lowest BCUT2D eigenvalue weighted by molar-refractivity contribution is -0.142. The number of benzene rings is 2. The lowest BCUT2D eigenvalue weighted by atomic mass is 9.97. The van der Waals surface area contributed by atoms with Gasteiger partial charge in [0.25, 0.3) is 0 Å². The van der Waals surface area contributed by atoms with Crippen molar-refractivity contribution in [2.75, 3.05) is 51.7 Å². The maximum Gasteiger partial charge on any atom is 0.326 e. The van der Waals surface area contributed by atoms with Crippen molar-refractivity contribution < 1.29 is 117 Å². The summed E-state index contributed by atoms with van der Waals surface area (Å²) in [5.74, 6) is -23.0. The zero-order valence-electron chi connectivity index (χ0n) is 67.9. The molecule has 122 heavy (non-hydrogen) atoms. The number of aliphatic carboxylic acids is 2. The molecule has 0 saturated carbocycles. The molecule has 14 atom stereocenters. The number of nitrogens with two attached hydrogens (primary N) is 7. The highest BCUT2D eigenvalue weighted by molar-refractivity contribution is 7.80. The Bertz CT molecular complexity index is 4010. The van der Waals surface area contributed by atoms with Crippen LogP contribution in [0.25, 0.3) is 0 Å². The van der Waals surface area contributed by atoms with Crippen LogP contribution in [0.5, 0.6) is 5.75 Å². The van der Waals surface area contributed by atoms with Crippen LogP contribution in [0.1, 0.15) is 110 Å². The van der Waals surface area contributed by atoms with Gasteiger partial charge in [-0.1, -0.05) is 76.6 Å². The van der Waals surface area contributed by atoms with Crippen molar-refractivity contribution in [1.29, 1.82) is 0 Å². The Morgan fingerprint density at radius 1 is 0.418 bits per heavy atom. The summed E-state index contributed by atoms with van der Waals surface area (Å²) < 4.78 is 0. The predicted octanol–water partition coefficient (Wildman–Crippen LogP) is -11.5. The van der Waals surface area contributed by atoms with E-state index in [1.54, 1.807) is 58.0 Å². The first-order valence-corrected chi connectivity index (χ1v) is 39.0. The molecule has 0 aliphatic carbocycles. The van der Waals surface area contributed by atoms with Crippen LogP contribution in [0.4, 0.5) is 0 Å². The van der Waals surface area contributed by atoms with Crippen LogP contribution in [-0.2, 0) is 104 Å². The Hall–Kier alpha value is -13.1. The number of nitrogens with one attached hydrogen (secondary N) is 15. The number of carboxylic acids is 2. The number of carbonyl (C=O) groups is 19. The van der Waals surface area contributed by atoms with Gasteiger partial charge in [-0.3, -0.25) is 96.3 Å². The van der Waals surface area contributed by atoms with E-state index in [1.165, 1.54) is 31.2 Å². The van der Waals surface area contributed by atoms with E-state index in [0.29, 0.717) is 17.5 Å². The molecular weight excluding hydrogens is 1630 g/mol. The molecule has 0 fully saturated rings. The molecule has 0 bridgehead atoms. The summed E-state index contributed by atoms with van der Waals surface area (Å²) in [6.07, 6.45) is -3.21. The molecule has 676 valence electrons. The van der Waals surface area contributed by atoms with Gasteiger partial charge in [0.2, 0.25) is 100 Å². The molecule has 34 N–H and O–H groups in total. The number of guanidine groups is 2. The van der Waals surface area contributed by atoms with Gasteiger partial charge in [0.15, 0.2) is 11.9 Å². The van der Waals surface area contributed by atoms with Crippen molar-refractivity contribution in [3.63, 3.8) is 0 Å². The fraction of sp³-hybridized carbons (Fsp3) is 0.548. The van der Waals surface area contributed by atoms with Crippen LogP contribution in [0.15, 0.2) is 64.6 Å². The molecule has 0 aliphatic rings. The maximum atomic E-state index is 14.3. The Morgan fingerprint density at radius 3 is 1.30 bits per heavy atom. The maximum absolute atomic E-state index is 14.3. The van der Waals surface area contributed by atoms with E-state index in [1.807, 2.05) is 0 Å². The van der Waals surface area contributed by atoms with Gasteiger partial charge < -0.3 is 145 Å². The quantitative estimate of drug-likeness (QED) is 0.0127. The second-order valence-electron chi connectivity index (χ2n) is 28.4. The average Bonchev–Trinajstić information content (AvgIpc) is 0.856. The van der Waals surface area contributed by atoms with Gasteiger partial charge in [-0.2, -0.15) is 12.6 Å². The first kappa shape index (κ1) is 105. The predicted molar refractivity (Wildman–Crippen MR) is 437 cm³/mol. The number of hydrogen-bond donors (Lipinski definition) is 28. The van der Waals surface area contributed by atoms with Gasteiger partial charge >= 0.3 is 11.9 Å². The molecule has 17 amide bonds. The molecule has 0 radical (unpaired) electrons. The summed E-state index contributed by atoms with van der Waals surface area (Å²) in [6, 6.07) is -7.38. The highest BCUT2D eigenvalue weighted by Crippen LogP contribution is 2.15. The van der Waals surface area contributed by atoms with Crippen molar-refractivity contribution in [2.24, 2.45) is 62.0 Å². The number of nitrogens with zero attached hydrogens (tertiary/aromatic N) is 2. The van der Waals surface area contributed by atoms with E-state index >= 15 is 0 Å². The molecule has 0 aliphatic heterocycles. The fourth-order valence-electron chi connectivity index (χ4n) is 11.1. The third-order valence-corrected chi connectivity index (χ3v) is 18.2. The molecule has 0 unspecified atom stereocenters. The van der Waals surface area contributed by atoms with Gasteiger partial charge in [0.05, 0.1) is 51.7 Å². The number of aromatic hydroxyl groups is 1. The minimum atomic E-state index is -1.95. The van der Waals surface area contributed by atoms with Crippen LogP contribution in [0.3, 0.4) is 0 Å². The Morgan fingerprint density at radius 2 is 0.820 bits per heavy atom. The number of aliphatic hydroxyl groups is 2. The summed E-state index contributed by atoms with van der Waals surface area (Å²) in [4.78, 5) is 259. The Balaban J connectivity index is 2.16. The minimum absolute atomic E-state index is 0.0186. The number of rotatable bonds is 57. The molecule has 48 nitrogen and oxygen atoms in total. The lowest BCUT2D eigenvalue weighted by Crippen LogP contribution is -2.61. The molecule has 2 aromatic rings. The van der Waals surface area contributed by atoms with Crippen molar-refractivity contribution in [3.05, 3.63) is 65.7 Å². The number of carboxylic acid groups (broad SMARTS) is 2. The van der Waals surface area contributed by atoms with Crippen molar-refractivity contribution in [3.8, 4) is 5.75 Å². The monoisotopic (exact) mass is 1740 g/mol. The van der Waals surface area contributed by atoms with E-state index in [9.17, 15) is 112 Å². The Labute approximate surface area is 705 Å². The minimum Gasteiger partial charge on any atom is -0.508 e. The van der Waals surface area contributed by atoms with E-state index in [0.717, 1.165) is 0 Å². The van der Waals surface area contributed by atoms with E-state index < -0.39 is 261 Å². The van der Waals surface area contributed by atoms with Crippen molar-refractivity contribution >= 4 is 137 Å². The number of hydrogen-bond acceptors (Lipinski definition) is 26. The van der Waals surface area contributed by atoms with Crippen molar-refractivity contribution in [2.45, 2.75) is 190 Å². The van der Waals surface area contributed by atoms with Crippen molar-refractivity contribution in [1.82, 2.24) is 79.8 Å². The molecular formula is C73H114N24O24S. The highest BCUT2D eigenvalue weighted by Gasteiger charge is 2.37. The highest BCUT2D eigenvalue weighted by atomic mass is 32.1. The van der Waals surface area contributed by atoms with Gasteiger partial charge in [-0.15, -0.1) is 0 Å². The first-order valence-electron chi connectivity index (χ1n) is 38.4. The second kappa shape index (κ2) is 54.9. The third kappa shape index (κ3) is 41.1. The average molecular weight is 1740 g/mol. The van der Waals surface area contributed by atoms with E-state index in [4.69, 9.17) is 45.2 Å². The number of primary amides is 2. The van der Waals surface area contributed by atoms with Crippen LogP contribution in [0, 0.1) is 11.8 Å². The standard InChI is InChI=1S/C73H114N24O24S/c1-6-36(4)58(97-65(114)43(15-11-23-82-73(79)80)90-60(109)41(74)27-57(106)107)70(119)85-29-54(103)86-37(5)59(108)89-44(20-21-52(75)101)64(113)95-49(32-98)62(111)84-30-55(104)87-45(24-35(2)3)61(110)83-31-56(105)88-51(34-122)69(118)93-47(28-53(76)102)67(116)96-50(33-99)68(117)92-46(25-38-12-8-7-9-13-38)66(115)91-42(14-10-22-81-72(77)78)63(112)94-48(71(120)121)26-39-16-18-40(100)19-17-39/h7-9,12-13,16-19,35-37,41-51,58,98-100,122H,6,10-11,14-15,20-34,74H2,1-5H3,(H2,75,101)(H2,76,102)(H,83,110)(H,84,111)(H,85,119)(H,86,103)(H,87,104)(H,88,105)(H,89,108)(H,90,109)(H,91,115)(H,92,117)(H,93,118)(H,94,112)(H,95,113)(H,96,116)(H,97,114)(H,106,107)(H,120,121)(H4,77,78,81)(H4,79,80,82)/t36-,37-,41-,42-,43-,44-,45-,46-,47-,48-,49-,50-,51-,58-/m0/s1. The molecule has 2 aromatic carbocycles. The lowest BCUT2D eigenvalue weighted by Gasteiger charge is -2.27. The summed E-state index contributed by atoms with van der Waals surface area (Å²) >= 11 is 4.11. The smallest absolute Gasteiger partial charge is 0.326 e. The largest absolute Gasteiger partial charge is 0.508 e. The van der Waals surface area contributed by atoms with Crippen LogP contribution in [-0.4, -0.2) is 280 Å². The second-order valence-corrected chi connectivity index (χ2v) is 28.8. The molecule has 49 heteroatoms. The SMILES string of the molecule is CC[C@H](C)[C@H](NC(=O)[C@H](CCCN=C(N)N)NC(=O)[C@@H](N)CC(=O)O)C(=O)NCC(=O)N[C@@H](C)C(=O)N[C@@H](CCC(N)=O)C(=O)N[C@@H](CO)C(=O)NCC(=O)N[C@@H](CC(C)C)C(=O)NCC(=O)N[C@@H](CS)C(=O)N[C@@H](CC(N)=O)C(=O)N[C@@H](CO)C(=O)N[C@@H](Cc1ccccc1)C(=O)N[C@@H](CCCN=C(N)N)C(=O)N[C@@H](Cc1ccc(O)cc1)C(=O)O. The van der Waals surface area contributed by atoms with Gasteiger partial charge in [-0.25, -0.2) is 4.79 Å². The van der Waals surface area contributed by atoms with Gasteiger partial charge in [0, 0.05) is 38.1 Å². The van der Waals surface area contributed by atoms with Crippen LogP contribution >= 0.6 is 12.6 Å².